The van der Waals surface area contributed by atoms with Gasteiger partial charge in [0.25, 0.3) is 0 Å². The Balaban J connectivity index is 1.66. The van der Waals surface area contributed by atoms with E-state index < -0.39 is 52.4 Å². The van der Waals surface area contributed by atoms with Gasteiger partial charge in [0.1, 0.15) is 17.6 Å². The summed E-state index contributed by atoms with van der Waals surface area (Å²) in [6.45, 7) is 11.7. The van der Waals surface area contributed by atoms with Crippen molar-refractivity contribution in [2.45, 2.75) is 71.2 Å². The summed E-state index contributed by atoms with van der Waals surface area (Å²) in [4.78, 5) is 27.4. The lowest BCUT2D eigenvalue weighted by atomic mass is 9.69. The van der Waals surface area contributed by atoms with Gasteiger partial charge in [-0.1, -0.05) is 163 Å². The summed E-state index contributed by atoms with van der Waals surface area (Å²) in [6.07, 6.45) is -0.488. The zero-order valence-corrected chi connectivity index (χ0v) is 27.1. The predicted molar refractivity (Wildman–Crippen MR) is 179 cm³/mol. The fourth-order valence-electron chi connectivity index (χ4n) is 6.23. The van der Waals surface area contributed by atoms with Crippen LogP contribution in [0.4, 0.5) is 0 Å². The zero-order valence-electron chi connectivity index (χ0n) is 27.1. The van der Waals surface area contributed by atoms with Crippen molar-refractivity contribution in [3.63, 3.8) is 0 Å². The molecule has 0 aromatic heterocycles. The largest absolute Gasteiger partial charge is 0.378 e. The molecule has 0 saturated heterocycles. The van der Waals surface area contributed by atoms with Gasteiger partial charge in [-0.3, -0.25) is 9.59 Å². The molecule has 0 saturated carbocycles. The third-order valence-corrected chi connectivity index (χ3v) is 8.35. The summed E-state index contributed by atoms with van der Waals surface area (Å²) < 4.78 is 0. The van der Waals surface area contributed by atoms with Gasteiger partial charge in [-0.2, -0.15) is 0 Å². The van der Waals surface area contributed by atoms with Crippen LogP contribution < -0.4 is 10.6 Å². The lowest BCUT2D eigenvalue weighted by Gasteiger charge is -2.45. The second-order valence-corrected chi connectivity index (χ2v) is 13.9. The van der Waals surface area contributed by atoms with Crippen LogP contribution in [0.3, 0.4) is 0 Å². The first kappa shape index (κ1) is 33.6. The van der Waals surface area contributed by atoms with E-state index in [4.69, 9.17) is 0 Å². The molecule has 0 aliphatic carbocycles. The third-order valence-electron chi connectivity index (χ3n) is 8.35. The molecule has 4 aromatic carbocycles. The third kappa shape index (κ3) is 7.35. The van der Waals surface area contributed by atoms with E-state index in [2.05, 4.69) is 10.6 Å². The fourth-order valence-corrected chi connectivity index (χ4v) is 6.23. The lowest BCUT2D eigenvalue weighted by molar-refractivity contribution is -0.134. The summed E-state index contributed by atoms with van der Waals surface area (Å²) in [7, 11) is 0. The summed E-state index contributed by atoms with van der Waals surface area (Å²) in [6, 6.07) is 35.5. The lowest BCUT2D eigenvalue weighted by Crippen LogP contribution is -2.60. The van der Waals surface area contributed by atoms with Crippen molar-refractivity contribution in [1.29, 1.82) is 0 Å². The second kappa shape index (κ2) is 13.4. The molecule has 6 nitrogen and oxygen atoms in total. The molecule has 0 spiro atoms. The highest BCUT2D eigenvalue weighted by atomic mass is 16.3. The van der Waals surface area contributed by atoms with E-state index in [0.717, 1.165) is 0 Å². The average Bonchev–Trinajstić information content (AvgIpc) is 3.02. The maximum absolute atomic E-state index is 13.7. The maximum atomic E-state index is 13.7. The highest BCUT2D eigenvalue weighted by Gasteiger charge is 2.49. The van der Waals surface area contributed by atoms with Crippen LogP contribution in [0.1, 0.15) is 70.2 Å². The molecular weight excluding hydrogens is 560 g/mol. The molecule has 2 amide bonds. The van der Waals surface area contributed by atoms with Crippen molar-refractivity contribution in [2.24, 2.45) is 10.8 Å². The Hall–Kier alpha value is -4.26. The number of benzene rings is 4. The van der Waals surface area contributed by atoms with Crippen LogP contribution in [0, 0.1) is 10.8 Å². The van der Waals surface area contributed by atoms with Gasteiger partial charge in [0, 0.05) is 0 Å². The van der Waals surface area contributed by atoms with E-state index >= 15 is 0 Å². The molecule has 0 fully saturated rings. The second-order valence-electron chi connectivity index (χ2n) is 13.9. The standard InChI is InChI=1S/C39H46N2O4/c1-36(2,3)34(38(44,28-19-11-7-12-20-28)29-21-13-8-14-22-29)40-32(42)27-33(43)41-35(37(4,5)6)39(45,30-23-15-9-16-24-30)31-25-17-10-18-26-31/h7-26,34-35,44-45H,27H2,1-6H3,(H,40,42)(H,41,43)/t34-,35-/m1/s1. The quantitative estimate of drug-likeness (QED) is 0.159. The monoisotopic (exact) mass is 606 g/mol. The average molecular weight is 607 g/mol. The van der Waals surface area contributed by atoms with E-state index in [9.17, 15) is 19.8 Å². The Morgan fingerprint density at radius 3 is 0.911 bits per heavy atom. The van der Waals surface area contributed by atoms with Crippen molar-refractivity contribution < 1.29 is 19.8 Å². The topological polar surface area (TPSA) is 98.7 Å². The molecule has 0 bridgehead atoms. The Morgan fingerprint density at radius 2 is 0.711 bits per heavy atom. The van der Waals surface area contributed by atoms with Crippen LogP contribution in [-0.2, 0) is 20.8 Å². The fraction of sp³-hybridized carbons (Fsp3) is 0.333. The van der Waals surface area contributed by atoms with Crippen LogP contribution >= 0.6 is 0 Å². The maximum Gasteiger partial charge on any atom is 0.229 e. The Bertz CT molecular complexity index is 1350. The Labute approximate surface area is 267 Å². The SMILES string of the molecule is CC(C)(C)[C@@H](NC(=O)CC(=O)N[C@H](C(C)(C)C)C(O)(c1ccccc1)c1ccccc1)C(O)(c1ccccc1)c1ccccc1. The Morgan fingerprint density at radius 1 is 0.489 bits per heavy atom. The number of carbonyl (C=O) groups excluding carboxylic acids is 2. The first-order valence-electron chi connectivity index (χ1n) is 15.4. The number of hydrogen-bond donors (Lipinski definition) is 4. The van der Waals surface area contributed by atoms with Gasteiger partial charge in [0.05, 0.1) is 12.1 Å². The van der Waals surface area contributed by atoms with Crippen molar-refractivity contribution in [3.05, 3.63) is 144 Å². The summed E-state index contributed by atoms with van der Waals surface area (Å²) >= 11 is 0. The van der Waals surface area contributed by atoms with E-state index in [1.54, 1.807) is 0 Å². The van der Waals surface area contributed by atoms with E-state index in [-0.39, 0.29) is 0 Å². The normalized spacial score (nSPS) is 13.9. The zero-order chi connectivity index (χ0) is 32.9. The molecule has 0 radical (unpaired) electrons. The number of nitrogens with one attached hydrogen (secondary N) is 2. The van der Waals surface area contributed by atoms with Crippen LogP contribution in [0.2, 0.25) is 0 Å². The predicted octanol–water partition coefficient (Wildman–Crippen LogP) is 6.31. The molecule has 236 valence electrons. The molecule has 2 atom stereocenters. The van der Waals surface area contributed by atoms with Crippen molar-refractivity contribution in [2.75, 3.05) is 0 Å². The van der Waals surface area contributed by atoms with Gasteiger partial charge in [0.2, 0.25) is 11.8 Å². The minimum Gasteiger partial charge on any atom is -0.378 e. The molecule has 4 aromatic rings. The Kier molecular flexibility index (Phi) is 10.0. The first-order chi connectivity index (χ1) is 21.2. The number of hydrogen-bond acceptors (Lipinski definition) is 4. The highest BCUT2D eigenvalue weighted by Crippen LogP contribution is 2.42. The van der Waals surface area contributed by atoms with Crippen molar-refractivity contribution >= 4 is 11.8 Å². The first-order valence-corrected chi connectivity index (χ1v) is 15.4. The van der Waals surface area contributed by atoms with E-state index in [1.807, 2.05) is 163 Å². The van der Waals surface area contributed by atoms with Crippen molar-refractivity contribution in [1.82, 2.24) is 10.6 Å². The summed E-state index contributed by atoms with van der Waals surface area (Å²) in [5.74, 6) is -1.07. The van der Waals surface area contributed by atoms with E-state index in [0.29, 0.717) is 22.3 Å². The van der Waals surface area contributed by atoms with Crippen LogP contribution in [0.5, 0.6) is 0 Å². The number of rotatable bonds is 10. The number of amides is 2. The molecule has 4 rings (SSSR count). The molecule has 0 aliphatic rings. The highest BCUT2D eigenvalue weighted by molar-refractivity contribution is 5.97. The van der Waals surface area contributed by atoms with Gasteiger partial charge in [-0.25, -0.2) is 0 Å². The van der Waals surface area contributed by atoms with Crippen molar-refractivity contribution in [3.8, 4) is 0 Å². The summed E-state index contributed by atoms with van der Waals surface area (Å²) in [5, 5.41) is 31.0. The van der Waals surface area contributed by atoms with Gasteiger partial charge < -0.3 is 20.8 Å². The molecule has 4 N–H and O–H groups in total. The minimum absolute atomic E-state index is 0.488. The molecule has 0 unspecified atom stereocenters. The number of carbonyl (C=O) groups is 2. The van der Waals surface area contributed by atoms with Gasteiger partial charge >= 0.3 is 0 Å². The van der Waals surface area contributed by atoms with E-state index in [1.165, 1.54) is 0 Å². The summed E-state index contributed by atoms with van der Waals surface area (Å²) in [5.41, 5.74) is -1.87. The molecule has 6 heteroatoms. The molecule has 0 aliphatic heterocycles. The van der Waals surface area contributed by atoms with Gasteiger partial charge in [0.15, 0.2) is 0 Å². The van der Waals surface area contributed by atoms with Crippen LogP contribution in [-0.4, -0.2) is 34.1 Å². The molecular formula is C39H46N2O4. The van der Waals surface area contributed by atoms with Crippen LogP contribution in [0.25, 0.3) is 0 Å². The molecule has 0 heterocycles. The minimum atomic E-state index is -1.58. The van der Waals surface area contributed by atoms with Gasteiger partial charge in [-0.15, -0.1) is 0 Å². The van der Waals surface area contributed by atoms with Gasteiger partial charge in [-0.05, 0) is 33.1 Å². The smallest absolute Gasteiger partial charge is 0.229 e. The van der Waals surface area contributed by atoms with Crippen LogP contribution in [0.15, 0.2) is 121 Å². The molecule has 45 heavy (non-hydrogen) atoms. The number of aliphatic hydroxyl groups is 2.